The fraction of sp³-hybridized carbons (Fsp3) is 0.833. The molecule has 0 aromatic rings. The fourth-order valence-corrected chi connectivity index (χ4v) is 2.37. The van der Waals surface area contributed by atoms with Gasteiger partial charge in [0, 0.05) is 6.42 Å². The first-order valence-corrected chi connectivity index (χ1v) is 8.70. The van der Waals surface area contributed by atoms with Gasteiger partial charge in [-0.3, -0.25) is 4.79 Å². The molecule has 0 fully saturated rings. The molecule has 0 saturated carbocycles. The molecule has 0 radical (unpaired) electrons. The van der Waals surface area contributed by atoms with Crippen molar-refractivity contribution in [3.63, 3.8) is 0 Å². The van der Waals surface area contributed by atoms with Gasteiger partial charge >= 0.3 is 59.1 Å². The number of hydrogen-bond acceptors (Lipinski definition) is 1. The number of amides is 1. The van der Waals surface area contributed by atoms with Crippen LogP contribution < -0.4 is 64.8 Å². The van der Waals surface area contributed by atoms with Crippen molar-refractivity contribution >= 4 is 5.91 Å². The van der Waals surface area contributed by atoms with Crippen LogP contribution in [0.2, 0.25) is 0 Å². The minimum absolute atomic E-state index is 0. The summed E-state index contributed by atoms with van der Waals surface area (Å²) in [4.78, 5) is 10.5. The van der Waals surface area contributed by atoms with Gasteiger partial charge in [-0.15, -0.1) is 0 Å². The van der Waals surface area contributed by atoms with E-state index in [9.17, 15) is 4.79 Å². The molecule has 0 rings (SSSR count). The van der Waals surface area contributed by atoms with Crippen molar-refractivity contribution in [2.24, 2.45) is 5.73 Å². The van der Waals surface area contributed by atoms with Gasteiger partial charge in [0.2, 0.25) is 5.91 Å². The van der Waals surface area contributed by atoms with Crippen molar-refractivity contribution in [1.29, 1.82) is 0 Å². The molecule has 0 atom stereocenters. The number of hydrogen-bond donors (Lipinski definition) is 1. The monoisotopic (exact) mass is 329 g/mol. The molecule has 0 aromatic heterocycles. The molecule has 0 aromatic carbocycles. The first-order chi connectivity index (χ1) is 9.77. The zero-order valence-electron chi connectivity index (χ0n) is 17.5. The average Bonchev–Trinajstić information content (AvgIpc) is 2.43. The van der Waals surface area contributed by atoms with E-state index >= 15 is 0 Å². The third-order valence-electron chi connectivity index (χ3n) is 3.68. The topological polar surface area (TPSA) is 43.1 Å². The van der Waals surface area contributed by atoms with E-state index in [4.69, 9.17) is 5.73 Å². The summed E-state index contributed by atoms with van der Waals surface area (Å²) < 4.78 is 0. The number of rotatable bonds is 15. The van der Waals surface area contributed by atoms with E-state index in [2.05, 4.69) is 19.1 Å². The Morgan fingerprint density at radius 1 is 0.773 bits per heavy atom. The first kappa shape index (κ1) is 28.0. The summed E-state index contributed by atoms with van der Waals surface area (Å²) in [7, 11) is 0. The number of allylic oxidation sites excluding steroid dienone is 2. The van der Waals surface area contributed by atoms with Crippen LogP contribution >= 0.6 is 0 Å². The molecule has 2 N–H and O–H groups in total. The van der Waals surface area contributed by atoms with Gasteiger partial charge in [0.25, 0.3) is 0 Å². The number of carbonyl (C=O) groups excluding carboxylic acids is 1. The molecule has 0 unspecified atom stereocenters. The molecule has 0 heterocycles. The van der Waals surface area contributed by atoms with Gasteiger partial charge in [-0.25, -0.2) is 0 Å². The first-order valence-electron chi connectivity index (χ1n) is 8.70. The van der Waals surface area contributed by atoms with Crippen molar-refractivity contribution in [2.45, 2.75) is 96.8 Å². The Balaban J connectivity index is -0.000000301. The molecular formula is C18H37NNa2O. The number of nitrogens with two attached hydrogens (primary N) is 1. The van der Waals surface area contributed by atoms with E-state index in [1.807, 2.05) is 0 Å². The third-order valence-corrected chi connectivity index (χ3v) is 3.68. The molecule has 0 spiro atoms. The van der Waals surface area contributed by atoms with Crippen molar-refractivity contribution < 1.29 is 66.8 Å². The predicted molar refractivity (Wildman–Crippen MR) is 90.9 cm³/mol. The standard InChI is InChI=1S/C18H35NO.2Na.2H/c1-2-3-4-5-6-7-8-9-10-11-12-13-14-15-16-17-18(19)20;;;;/h9-10H,2-8,11-17H2,1H3,(H2,19,20);;;;/q;2*+1;2*-1. The average molecular weight is 329 g/mol. The van der Waals surface area contributed by atoms with E-state index in [0.29, 0.717) is 6.42 Å². The van der Waals surface area contributed by atoms with Gasteiger partial charge in [0.15, 0.2) is 0 Å². The van der Waals surface area contributed by atoms with Crippen molar-refractivity contribution in [2.75, 3.05) is 0 Å². The van der Waals surface area contributed by atoms with E-state index in [-0.39, 0.29) is 67.9 Å². The van der Waals surface area contributed by atoms with Crippen LogP contribution in [-0.4, -0.2) is 5.91 Å². The normalized spacial score (nSPS) is 10.2. The Hall–Kier alpha value is 1.21. The molecule has 122 valence electrons. The van der Waals surface area contributed by atoms with Gasteiger partial charge in [0.05, 0.1) is 0 Å². The molecule has 4 heteroatoms. The summed E-state index contributed by atoms with van der Waals surface area (Å²) in [6.07, 6.45) is 21.9. The summed E-state index contributed by atoms with van der Waals surface area (Å²) in [5.74, 6) is -0.164. The second kappa shape index (κ2) is 24.5. The molecule has 0 aliphatic heterocycles. The number of primary amides is 1. The van der Waals surface area contributed by atoms with E-state index in [1.165, 1.54) is 70.6 Å². The molecule has 2 nitrogen and oxygen atoms in total. The van der Waals surface area contributed by atoms with E-state index in [1.54, 1.807) is 0 Å². The smallest absolute Gasteiger partial charge is 1.00 e. The van der Waals surface area contributed by atoms with Gasteiger partial charge in [-0.2, -0.15) is 0 Å². The minimum Gasteiger partial charge on any atom is -1.00 e. The second-order valence-corrected chi connectivity index (χ2v) is 5.80. The van der Waals surface area contributed by atoms with Gasteiger partial charge in [0.1, 0.15) is 0 Å². The Kier molecular flexibility index (Phi) is 31.2. The molecule has 0 aliphatic carbocycles. The molecule has 1 amide bonds. The van der Waals surface area contributed by atoms with E-state index in [0.717, 1.165) is 12.8 Å². The van der Waals surface area contributed by atoms with Crippen LogP contribution in [-0.2, 0) is 4.79 Å². The van der Waals surface area contributed by atoms with Crippen LogP contribution in [0, 0.1) is 0 Å². The van der Waals surface area contributed by atoms with E-state index < -0.39 is 0 Å². The predicted octanol–water partition coefficient (Wildman–Crippen LogP) is -0.258. The van der Waals surface area contributed by atoms with Gasteiger partial charge in [-0.05, 0) is 32.1 Å². The number of carbonyl (C=O) groups is 1. The third kappa shape index (κ3) is 26.1. The Bertz CT molecular complexity index is 255. The summed E-state index contributed by atoms with van der Waals surface area (Å²) >= 11 is 0. The fourth-order valence-electron chi connectivity index (χ4n) is 2.37. The molecule has 0 bridgehead atoms. The second-order valence-electron chi connectivity index (χ2n) is 5.80. The van der Waals surface area contributed by atoms with Crippen LogP contribution in [0.15, 0.2) is 12.2 Å². The maximum atomic E-state index is 10.5. The Labute approximate surface area is 186 Å². The maximum Gasteiger partial charge on any atom is 1.00 e. The molecule has 0 aliphatic rings. The SMILES string of the molecule is CCCCCCCCC=CCCCCCCCC(N)=O.[H-].[H-].[Na+].[Na+]. The zero-order chi connectivity index (χ0) is 14.9. The van der Waals surface area contributed by atoms with Crippen LogP contribution in [0.1, 0.15) is 99.7 Å². The van der Waals surface area contributed by atoms with Crippen LogP contribution in [0.5, 0.6) is 0 Å². The van der Waals surface area contributed by atoms with Crippen molar-refractivity contribution in [1.82, 2.24) is 0 Å². The molecule has 22 heavy (non-hydrogen) atoms. The Morgan fingerprint density at radius 3 is 1.64 bits per heavy atom. The van der Waals surface area contributed by atoms with Crippen LogP contribution in [0.25, 0.3) is 0 Å². The number of unbranched alkanes of at least 4 members (excludes halogenated alkanes) is 11. The maximum absolute atomic E-state index is 10.5. The summed E-state index contributed by atoms with van der Waals surface area (Å²) in [5.41, 5.74) is 5.10. The largest absolute Gasteiger partial charge is 1.00 e. The van der Waals surface area contributed by atoms with Gasteiger partial charge < -0.3 is 8.59 Å². The minimum atomic E-state index is -0.164. The zero-order valence-corrected chi connectivity index (χ0v) is 19.5. The molecule has 0 saturated heterocycles. The Morgan fingerprint density at radius 2 is 1.18 bits per heavy atom. The van der Waals surface area contributed by atoms with Crippen LogP contribution in [0.3, 0.4) is 0 Å². The van der Waals surface area contributed by atoms with Crippen molar-refractivity contribution in [3.8, 4) is 0 Å². The summed E-state index contributed by atoms with van der Waals surface area (Å²) in [6.45, 7) is 2.26. The summed E-state index contributed by atoms with van der Waals surface area (Å²) in [5, 5.41) is 0. The molecular weight excluding hydrogens is 292 g/mol. The van der Waals surface area contributed by atoms with Crippen LogP contribution in [0.4, 0.5) is 0 Å². The summed E-state index contributed by atoms with van der Waals surface area (Å²) in [6, 6.07) is 0. The quantitative estimate of drug-likeness (QED) is 0.251. The van der Waals surface area contributed by atoms with Gasteiger partial charge in [-0.1, -0.05) is 70.4 Å². The van der Waals surface area contributed by atoms with Crippen molar-refractivity contribution in [3.05, 3.63) is 12.2 Å².